The maximum absolute atomic E-state index is 2.44. The zero-order chi connectivity index (χ0) is 6.08. The molecule has 0 aliphatic heterocycles. The van der Waals surface area contributed by atoms with E-state index in [-0.39, 0.29) is 0 Å². The zero-order valence-corrected chi connectivity index (χ0v) is 12.2. The highest BCUT2D eigenvalue weighted by molar-refractivity contribution is 14.2. The average molecular weight is 548 g/mol. The maximum Gasteiger partial charge on any atom is 0.0913 e. The minimum atomic E-state index is 0.413. The Kier molecular flexibility index (Phi) is 5.58. The molecule has 0 aromatic heterocycles. The summed E-state index contributed by atoms with van der Waals surface area (Å²) in [6.07, 6.45) is 0. The third-order valence-electron chi connectivity index (χ3n) is 0.383. The van der Waals surface area contributed by atoms with Gasteiger partial charge in [0.2, 0.25) is 0 Å². The fourth-order valence-corrected chi connectivity index (χ4v) is 0. The molecule has 7 heavy (non-hydrogen) atoms. The second-order valence-corrected chi connectivity index (χ2v) is 12.7. The number of hydrogen-bond donors (Lipinski definition) is 0. The molecule has 0 saturated carbocycles. The Morgan fingerprint density at radius 2 is 1.43 bits per heavy atom. The SMILES string of the molecule is CC(I)(I)C(I)I. The largest absolute Gasteiger partial charge is 0.0913 e. The molecule has 0 aliphatic rings. The van der Waals surface area contributed by atoms with Gasteiger partial charge in [-0.05, 0) is 6.92 Å². The van der Waals surface area contributed by atoms with Gasteiger partial charge < -0.3 is 0 Å². The standard InChI is InChI=1S/C3H4I4/c1-3(6,7)2(4)5/h2H,1H3. The van der Waals surface area contributed by atoms with Gasteiger partial charge in [0.15, 0.2) is 0 Å². The first kappa shape index (κ1) is 9.92. The summed E-state index contributed by atoms with van der Waals surface area (Å²) >= 11 is 9.72. The fraction of sp³-hybridized carbons (Fsp3) is 1.00. The topological polar surface area (TPSA) is 0 Å². The van der Waals surface area contributed by atoms with E-state index in [4.69, 9.17) is 0 Å². The van der Waals surface area contributed by atoms with E-state index in [2.05, 4.69) is 97.3 Å². The number of alkyl halides is 4. The van der Waals surface area contributed by atoms with Crippen LogP contribution in [0, 0.1) is 0 Å². The van der Waals surface area contributed by atoms with E-state index >= 15 is 0 Å². The molecule has 0 N–H and O–H groups in total. The van der Waals surface area contributed by atoms with E-state index < -0.39 is 0 Å². The molecule has 0 rings (SSSR count). The predicted molar refractivity (Wildman–Crippen MR) is 68.3 cm³/mol. The van der Waals surface area contributed by atoms with Gasteiger partial charge in [0.25, 0.3) is 0 Å². The Morgan fingerprint density at radius 1 is 1.29 bits per heavy atom. The molecule has 0 aliphatic carbocycles. The molecule has 0 bridgehead atoms. The van der Waals surface area contributed by atoms with Gasteiger partial charge in [0.05, 0.1) is 3.36 Å². The van der Waals surface area contributed by atoms with Crippen molar-refractivity contribution in [2.45, 2.75) is 10.3 Å². The highest BCUT2D eigenvalue weighted by atomic mass is 127. The van der Waals surface area contributed by atoms with Gasteiger partial charge in [-0.15, -0.1) is 0 Å². The Bertz CT molecular complexity index is 52.4. The molecule has 0 heterocycles. The molecule has 0 spiro atoms. The van der Waals surface area contributed by atoms with E-state index in [1.54, 1.807) is 0 Å². The summed E-state index contributed by atoms with van der Waals surface area (Å²) in [6.45, 7) is 2.22. The molecule has 44 valence electrons. The highest BCUT2D eigenvalue weighted by Gasteiger charge is 2.22. The third-order valence-corrected chi connectivity index (χ3v) is 8.89. The molecular weight excluding hydrogens is 544 g/mol. The molecule has 0 amide bonds. The lowest BCUT2D eigenvalue weighted by atomic mass is 10.6. The van der Waals surface area contributed by atoms with Crippen molar-refractivity contribution in [3.05, 3.63) is 0 Å². The van der Waals surface area contributed by atoms with Crippen LogP contribution in [0.2, 0.25) is 0 Å². The Balaban J connectivity index is 3.54. The number of hydrogen-bond acceptors (Lipinski definition) is 0. The van der Waals surface area contributed by atoms with Gasteiger partial charge in [0, 0.05) is 0 Å². The zero-order valence-electron chi connectivity index (χ0n) is 3.59. The van der Waals surface area contributed by atoms with Crippen molar-refractivity contribution in [3.8, 4) is 0 Å². The summed E-state index contributed by atoms with van der Waals surface area (Å²) in [6, 6.07) is 0. The molecule has 0 atom stereocenters. The van der Waals surface area contributed by atoms with Crippen LogP contribution in [0.4, 0.5) is 0 Å². The quantitative estimate of drug-likeness (QED) is 0.347. The summed E-state index contributed by atoms with van der Waals surface area (Å²) in [5.74, 6) is 0. The number of rotatable bonds is 1. The maximum atomic E-state index is 2.44. The lowest BCUT2D eigenvalue weighted by Crippen LogP contribution is -2.12. The smallest absolute Gasteiger partial charge is 0.0687 e. The molecular formula is C3H4I4. The second-order valence-electron chi connectivity index (χ2n) is 1.26. The van der Waals surface area contributed by atoms with Gasteiger partial charge in [-0.3, -0.25) is 0 Å². The molecule has 0 saturated heterocycles. The van der Waals surface area contributed by atoms with Crippen molar-refractivity contribution >= 4 is 90.4 Å². The summed E-state index contributed by atoms with van der Waals surface area (Å²) in [5, 5.41) is 0. The minimum absolute atomic E-state index is 0.413. The van der Waals surface area contributed by atoms with Crippen LogP contribution in [-0.4, -0.2) is 3.36 Å². The van der Waals surface area contributed by atoms with Crippen molar-refractivity contribution < 1.29 is 0 Å². The van der Waals surface area contributed by atoms with E-state index in [1.807, 2.05) is 0 Å². The molecule has 0 fully saturated rings. The van der Waals surface area contributed by atoms with Crippen molar-refractivity contribution in [1.29, 1.82) is 0 Å². The van der Waals surface area contributed by atoms with Crippen molar-refractivity contribution in [1.82, 2.24) is 0 Å². The molecule has 0 aromatic rings. The molecule has 0 aromatic carbocycles. The lowest BCUT2D eigenvalue weighted by molar-refractivity contribution is 1.14. The van der Waals surface area contributed by atoms with E-state index in [0.29, 0.717) is 3.36 Å². The fourth-order valence-electron chi connectivity index (χ4n) is 0. The van der Waals surface area contributed by atoms with E-state index in [1.165, 1.54) is 0 Å². The Labute approximate surface area is 98.5 Å². The van der Waals surface area contributed by atoms with Crippen LogP contribution < -0.4 is 0 Å². The van der Waals surface area contributed by atoms with Crippen LogP contribution in [0.1, 0.15) is 6.92 Å². The van der Waals surface area contributed by atoms with Crippen LogP contribution in [0.15, 0.2) is 0 Å². The van der Waals surface area contributed by atoms with E-state index in [9.17, 15) is 0 Å². The second kappa shape index (κ2) is 3.94. The van der Waals surface area contributed by atoms with Crippen LogP contribution in [0.3, 0.4) is 0 Å². The van der Waals surface area contributed by atoms with Gasteiger partial charge in [-0.1, -0.05) is 90.4 Å². The first-order chi connectivity index (χ1) is 2.94. The lowest BCUT2D eigenvalue weighted by Gasteiger charge is -2.14. The van der Waals surface area contributed by atoms with Crippen LogP contribution in [0.25, 0.3) is 0 Å². The summed E-state index contributed by atoms with van der Waals surface area (Å²) in [4.78, 5) is 0. The highest BCUT2D eigenvalue weighted by Crippen LogP contribution is 2.38. The van der Waals surface area contributed by atoms with Gasteiger partial charge in [-0.2, -0.15) is 0 Å². The normalized spacial score (nSPS) is 12.9. The van der Waals surface area contributed by atoms with Gasteiger partial charge >= 0.3 is 0 Å². The summed E-state index contributed by atoms with van der Waals surface area (Å²) in [5.41, 5.74) is 0. The monoisotopic (exact) mass is 548 g/mol. The molecule has 0 nitrogen and oxygen atoms in total. The third kappa shape index (κ3) is 5.37. The van der Waals surface area contributed by atoms with Gasteiger partial charge in [0.1, 0.15) is 0 Å². The van der Waals surface area contributed by atoms with Crippen molar-refractivity contribution in [2.24, 2.45) is 0 Å². The van der Waals surface area contributed by atoms with Gasteiger partial charge in [-0.25, -0.2) is 0 Å². The summed E-state index contributed by atoms with van der Waals surface area (Å²) in [7, 11) is 0. The van der Waals surface area contributed by atoms with Crippen molar-refractivity contribution in [3.63, 3.8) is 0 Å². The van der Waals surface area contributed by atoms with Crippen LogP contribution >= 0.6 is 90.4 Å². The molecule has 4 heteroatoms. The Morgan fingerprint density at radius 3 is 1.43 bits per heavy atom. The number of halogens is 4. The van der Waals surface area contributed by atoms with Crippen LogP contribution in [-0.2, 0) is 0 Å². The minimum Gasteiger partial charge on any atom is -0.0687 e. The summed E-state index contributed by atoms with van der Waals surface area (Å²) < 4.78 is 1.13. The average Bonchev–Trinajstić information content (AvgIpc) is 1.31. The predicted octanol–water partition coefficient (Wildman–Crippen LogP) is 3.77. The Hall–Kier alpha value is 2.92. The molecule has 0 radical (unpaired) electrons. The van der Waals surface area contributed by atoms with E-state index in [0.717, 1.165) is 0 Å². The van der Waals surface area contributed by atoms with Crippen LogP contribution in [0.5, 0.6) is 0 Å². The first-order valence-electron chi connectivity index (χ1n) is 1.60. The first-order valence-corrected chi connectivity index (χ1v) is 6.25. The molecule has 0 unspecified atom stereocenters. The van der Waals surface area contributed by atoms with Crippen molar-refractivity contribution in [2.75, 3.05) is 0 Å².